The Morgan fingerprint density at radius 1 is 1.06 bits per heavy atom. The van der Waals surface area contributed by atoms with E-state index < -0.39 is 0 Å². The number of ether oxygens (including phenoxy) is 2. The minimum atomic E-state index is -0.265. The third kappa shape index (κ3) is 3.64. The lowest BCUT2D eigenvalue weighted by Crippen LogP contribution is -2.38. The topological polar surface area (TPSA) is 68.2 Å². The highest BCUT2D eigenvalue weighted by Gasteiger charge is 2.56. The zero-order valence-electron chi connectivity index (χ0n) is 17.6. The maximum Gasteiger partial charge on any atom is 0.254 e. The summed E-state index contributed by atoms with van der Waals surface area (Å²) in [6.07, 6.45) is 7.66. The van der Waals surface area contributed by atoms with Gasteiger partial charge < -0.3 is 9.47 Å². The van der Waals surface area contributed by atoms with E-state index in [1.54, 1.807) is 13.2 Å². The summed E-state index contributed by atoms with van der Waals surface area (Å²) in [6.45, 7) is 0.402. The van der Waals surface area contributed by atoms with Gasteiger partial charge in [0.2, 0.25) is 0 Å². The van der Waals surface area contributed by atoms with Crippen LogP contribution in [0.3, 0.4) is 0 Å². The van der Waals surface area contributed by atoms with Crippen LogP contribution in [0.4, 0.5) is 0 Å². The van der Waals surface area contributed by atoms with Gasteiger partial charge in [0, 0.05) is 0 Å². The Hall–Kier alpha value is -2.93. The zero-order chi connectivity index (χ0) is 22.2. The second kappa shape index (κ2) is 8.54. The zero-order valence-corrected chi connectivity index (χ0v) is 19.2. The van der Waals surface area contributed by atoms with E-state index in [2.05, 4.69) is 33.2 Å². The van der Waals surface area contributed by atoms with Gasteiger partial charge >= 0.3 is 0 Å². The van der Waals surface area contributed by atoms with Gasteiger partial charge in [-0.25, -0.2) is 0 Å². The van der Waals surface area contributed by atoms with Crippen LogP contribution in [0, 0.1) is 23.7 Å². The van der Waals surface area contributed by atoms with Crippen molar-refractivity contribution in [1.29, 1.82) is 0 Å². The van der Waals surface area contributed by atoms with Crippen LogP contribution in [-0.2, 0) is 16.2 Å². The van der Waals surface area contributed by atoms with Gasteiger partial charge in [-0.05, 0) is 63.9 Å². The van der Waals surface area contributed by atoms with Crippen molar-refractivity contribution in [2.24, 2.45) is 28.8 Å². The highest BCUT2D eigenvalue weighted by molar-refractivity contribution is 9.10. The largest absolute Gasteiger partial charge is 0.493 e. The number of rotatable bonds is 6. The first-order valence-electron chi connectivity index (χ1n) is 10.7. The fourth-order valence-corrected chi connectivity index (χ4v) is 5.55. The maximum atomic E-state index is 12.9. The SMILES string of the molecule is COc1cc(/C=N\N2C(=O)[C@@H]3[C@@H](C2=O)[C@H]2C=C[C@H]3CC2)cc(Br)c1OCc1ccccc1. The van der Waals surface area contributed by atoms with Crippen molar-refractivity contribution in [2.75, 3.05) is 7.11 Å². The molecule has 164 valence electrons. The Bertz CT molecular complexity index is 1080. The smallest absolute Gasteiger partial charge is 0.254 e. The van der Waals surface area contributed by atoms with Crippen molar-refractivity contribution in [2.45, 2.75) is 19.4 Å². The van der Waals surface area contributed by atoms with Gasteiger partial charge in [0.25, 0.3) is 11.8 Å². The van der Waals surface area contributed by atoms with Gasteiger partial charge in [-0.1, -0.05) is 42.5 Å². The molecule has 2 aromatic rings. The Morgan fingerprint density at radius 2 is 1.72 bits per heavy atom. The predicted molar refractivity (Wildman–Crippen MR) is 123 cm³/mol. The lowest BCUT2D eigenvalue weighted by Gasteiger charge is -2.37. The summed E-state index contributed by atoms with van der Waals surface area (Å²) >= 11 is 3.54. The highest BCUT2D eigenvalue weighted by Crippen LogP contribution is 2.49. The molecule has 6 nitrogen and oxygen atoms in total. The summed E-state index contributed by atoms with van der Waals surface area (Å²) < 4.78 is 12.2. The third-order valence-electron chi connectivity index (χ3n) is 6.54. The molecule has 3 aliphatic carbocycles. The number of hydrogen-bond acceptors (Lipinski definition) is 5. The molecule has 1 aliphatic heterocycles. The molecule has 1 saturated heterocycles. The molecule has 0 aromatic heterocycles. The molecule has 0 N–H and O–H groups in total. The first kappa shape index (κ1) is 20.9. The Kier molecular flexibility index (Phi) is 5.59. The van der Waals surface area contributed by atoms with E-state index in [9.17, 15) is 9.59 Å². The minimum absolute atomic E-state index is 0.150. The number of imide groups is 1. The Balaban J connectivity index is 1.35. The van der Waals surface area contributed by atoms with Crippen LogP contribution in [0.5, 0.6) is 11.5 Å². The van der Waals surface area contributed by atoms with Crippen LogP contribution in [0.15, 0.2) is 64.2 Å². The molecule has 4 aliphatic rings. The van der Waals surface area contributed by atoms with E-state index in [-0.39, 0.29) is 35.5 Å². The molecule has 0 radical (unpaired) electrons. The molecule has 7 heteroatoms. The number of hydrogen-bond donors (Lipinski definition) is 0. The minimum Gasteiger partial charge on any atom is -0.493 e. The molecule has 2 amide bonds. The summed E-state index contributed by atoms with van der Waals surface area (Å²) in [5, 5.41) is 5.34. The molecular weight excluding hydrogens is 472 g/mol. The predicted octanol–water partition coefficient (Wildman–Crippen LogP) is 4.57. The van der Waals surface area contributed by atoms with Gasteiger partial charge in [0.15, 0.2) is 11.5 Å². The fraction of sp³-hybridized carbons (Fsp3) is 0.320. The molecule has 2 fully saturated rings. The number of hydrazone groups is 1. The molecule has 2 bridgehead atoms. The van der Waals surface area contributed by atoms with E-state index in [1.807, 2.05) is 36.4 Å². The normalized spacial score (nSPS) is 26.1. The van der Waals surface area contributed by atoms with Gasteiger partial charge in [0.05, 0.1) is 29.6 Å². The molecule has 4 atom stereocenters. The molecule has 0 spiro atoms. The Morgan fingerprint density at radius 3 is 2.31 bits per heavy atom. The van der Waals surface area contributed by atoms with Crippen molar-refractivity contribution in [3.63, 3.8) is 0 Å². The number of carbonyl (C=O) groups excluding carboxylic acids is 2. The number of methoxy groups -OCH3 is 1. The lowest BCUT2D eigenvalue weighted by atomic mass is 9.63. The van der Waals surface area contributed by atoms with Crippen LogP contribution in [0.2, 0.25) is 0 Å². The fourth-order valence-electron chi connectivity index (χ4n) is 4.98. The summed E-state index contributed by atoms with van der Waals surface area (Å²) in [5.74, 6) is 0.501. The maximum absolute atomic E-state index is 12.9. The molecule has 32 heavy (non-hydrogen) atoms. The van der Waals surface area contributed by atoms with Gasteiger partial charge in [-0.15, -0.1) is 0 Å². The average molecular weight is 495 g/mol. The van der Waals surface area contributed by atoms with E-state index in [0.717, 1.165) is 23.4 Å². The van der Waals surface area contributed by atoms with E-state index in [4.69, 9.17) is 9.47 Å². The lowest BCUT2D eigenvalue weighted by molar-refractivity contribution is -0.140. The molecule has 1 heterocycles. The average Bonchev–Trinajstić information content (AvgIpc) is 3.10. The van der Waals surface area contributed by atoms with Crippen LogP contribution in [-0.4, -0.2) is 30.1 Å². The number of benzene rings is 2. The second-order valence-electron chi connectivity index (χ2n) is 8.38. The van der Waals surface area contributed by atoms with E-state index in [0.29, 0.717) is 28.1 Å². The molecule has 0 unspecified atom stereocenters. The van der Waals surface area contributed by atoms with E-state index >= 15 is 0 Å². The quantitative estimate of drug-likeness (QED) is 0.335. The van der Waals surface area contributed by atoms with Crippen LogP contribution in [0.1, 0.15) is 24.0 Å². The molecule has 2 aromatic carbocycles. The number of nitrogens with zero attached hydrogens (tertiary/aromatic N) is 2. The Labute approximate surface area is 195 Å². The summed E-state index contributed by atoms with van der Waals surface area (Å²) in [6, 6.07) is 13.5. The van der Waals surface area contributed by atoms with E-state index in [1.165, 1.54) is 6.21 Å². The van der Waals surface area contributed by atoms with Crippen molar-refractivity contribution in [1.82, 2.24) is 5.01 Å². The van der Waals surface area contributed by atoms with Gasteiger partial charge in [-0.3, -0.25) is 9.59 Å². The van der Waals surface area contributed by atoms with Crippen LogP contribution >= 0.6 is 15.9 Å². The number of amides is 2. The second-order valence-corrected chi connectivity index (χ2v) is 9.24. The van der Waals surface area contributed by atoms with Crippen LogP contribution < -0.4 is 9.47 Å². The highest BCUT2D eigenvalue weighted by atomic mass is 79.9. The summed E-state index contributed by atoms with van der Waals surface area (Å²) in [4.78, 5) is 25.9. The van der Waals surface area contributed by atoms with Crippen molar-refractivity contribution in [3.05, 3.63) is 70.2 Å². The van der Waals surface area contributed by atoms with Crippen molar-refractivity contribution >= 4 is 34.0 Å². The standard InChI is InChI=1S/C25H23BrN2O4/c1-31-20-12-16(11-19(26)23(20)32-14-15-5-3-2-4-6-15)13-27-28-24(29)21-17-7-8-18(10-9-17)22(21)25(28)30/h2-8,11-13,17-18,21-22H,9-10,14H2,1H3/b27-13-/t17-,18-,21-,22-/m0/s1. The number of carbonyl (C=O) groups is 2. The van der Waals surface area contributed by atoms with Gasteiger partial charge in [0.1, 0.15) is 6.61 Å². The number of halogens is 1. The molecular formula is C25H23BrN2O4. The first-order valence-corrected chi connectivity index (χ1v) is 11.5. The van der Waals surface area contributed by atoms with Crippen molar-refractivity contribution < 1.29 is 19.1 Å². The monoisotopic (exact) mass is 494 g/mol. The molecule has 1 saturated carbocycles. The number of allylic oxidation sites excluding steroid dienone is 2. The van der Waals surface area contributed by atoms with Crippen molar-refractivity contribution in [3.8, 4) is 11.5 Å². The number of fused-ring (bicyclic) bond motifs is 1. The van der Waals surface area contributed by atoms with Crippen LogP contribution in [0.25, 0.3) is 0 Å². The molecule has 6 rings (SSSR count). The summed E-state index contributed by atoms with van der Waals surface area (Å²) in [7, 11) is 1.57. The third-order valence-corrected chi connectivity index (χ3v) is 7.13. The van der Waals surface area contributed by atoms with Gasteiger partial charge in [-0.2, -0.15) is 10.1 Å². The summed E-state index contributed by atoms with van der Waals surface area (Å²) in [5.41, 5.74) is 1.74. The first-order chi connectivity index (χ1) is 15.6.